The second kappa shape index (κ2) is 8.73. The van der Waals surface area contributed by atoms with Gasteiger partial charge in [-0.3, -0.25) is 4.79 Å². The van der Waals surface area contributed by atoms with Crippen molar-refractivity contribution in [1.82, 2.24) is 9.78 Å². The molecule has 1 aromatic carbocycles. The van der Waals surface area contributed by atoms with Gasteiger partial charge in [0.25, 0.3) is 5.91 Å². The maximum Gasteiger partial charge on any atom is 0.435 e. The van der Waals surface area contributed by atoms with Crippen LogP contribution in [0.2, 0.25) is 0 Å². The molecule has 1 aromatic heterocycles. The molecule has 9 heteroatoms. The van der Waals surface area contributed by atoms with E-state index in [0.29, 0.717) is 17.8 Å². The largest absolute Gasteiger partial charge is 0.467 e. The molecule has 1 aliphatic carbocycles. The summed E-state index contributed by atoms with van der Waals surface area (Å²) in [6, 6.07) is 8.02. The third-order valence-electron chi connectivity index (χ3n) is 4.28. The summed E-state index contributed by atoms with van der Waals surface area (Å²) in [6.07, 6.45) is 1.71. The fourth-order valence-electron chi connectivity index (χ4n) is 2.74. The summed E-state index contributed by atoms with van der Waals surface area (Å²) in [5.41, 5.74) is 0.909. The minimum absolute atomic E-state index is 0.207. The van der Waals surface area contributed by atoms with Crippen LogP contribution >= 0.6 is 11.6 Å². The fraction of sp³-hybridized carbons (Fsp3) is 0.300. The minimum atomic E-state index is -4.65. The highest BCUT2D eigenvalue weighted by molar-refractivity contribution is 6.25. The summed E-state index contributed by atoms with van der Waals surface area (Å²) in [5, 5.41) is 5.66. The number of benzene rings is 1. The Bertz CT molecular complexity index is 933. The van der Waals surface area contributed by atoms with Gasteiger partial charge in [0, 0.05) is 11.8 Å². The number of allylic oxidation sites excluding steroid dienone is 4. The van der Waals surface area contributed by atoms with Crippen molar-refractivity contribution >= 4 is 28.9 Å². The molecule has 1 unspecified atom stereocenters. The Morgan fingerprint density at radius 2 is 2.07 bits per heavy atom. The lowest BCUT2D eigenvalue weighted by molar-refractivity contribution is -0.141. The standard InChI is InChI=1S/C20H19ClF3N3O2/c1-2-13-7-9-14(10-8-13)25-18(28)12-29-19-11-17(20(22,23)24)26-27(19)16-6-4-3-5-15(16)21/h3-4,6-11,15H,2,5,12H2,1H3,(H,25,28). The van der Waals surface area contributed by atoms with Gasteiger partial charge in [-0.05, 0) is 36.6 Å². The number of anilines is 1. The zero-order valence-electron chi connectivity index (χ0n) is 15.5. The average Bonchev–Trinajstić information content (AvgIpc) is 3.12. The summed E-state index contributed by atoms with van der Waals surface area (Å²) >= 11 is 6.21. The van der Waals surface area contributed by atoms with Crippen LogP contribution in [0.5, 0.6) is 5.88 Å². The summed E-state index contributed by atoms with van der Waals surface area (Å²) in [6.45, 7) is 1.54. The molecule has 5 nitrogen and oxygen atoms in total. The highest BCUT2D eigenvalue weighted by Gasteiger charge is 2.36. The number of carbonyl (C=O) groups is 1. The smallest absolute Gasteiger partial charge is 0.435 e. The first-order chi connectivity index (χ1) is 13.8. The Labute approximate surface area is 170 Å². The molecular weight excluding hydrogens is 407 g/mol. The molecule has 1 N–H and O–H groups in total. The number of alkyl halides is 4. The van der Waals surface area contributed by atoms with Crippen LogP contribution in [0.25, 0.3) is 5.70 Å². The van der Waals surface area contributed by atoms with Crippen molar-refractivity contribution in [1.29, 1.82) is 0 Å². The number of halogens is 4. The van der Waals surface area contributed by atoms with Gasteiger partial charge in [-0.15, -0.1) is 11.6 Å². The fourth-order valence-corrected chi connectivity index (χ4v) is 3.01. The van der Waals surface area contributed by atoms with Gasteiger partial charge in [-0.1, -0.05) is 31.2 Å². The highest BCUT2D eigenvalue weighted by Crippen LogP contribution is 2.34. The van der Waals surface area contributed by atoms with Crippen LogP contribution in [-0.4, -0.2) is 27.7 Å². The van der Waals surface area contributed by atoms with Gasteiger partial charge >= 0.3 is 6.18 Å². The molecule has 1 heterocycles. The Hall–Kier alpha value is -2.74. The molecule has 0 saturated carbocycles. The van der Waals surface area contributed by atoms with Crippen LogP contribution in [0.15, 0.2) is 48.6 Å². The molecule has 2 aromatic rings. The maximum atomic E-state index is 13.1. The van der Waals surface area contributed by atoms with E-state index in [2.05, 4.69) is 10.4 Å². The van der Waals surface area contributed by atoms with Gasteiger partial charge in [0.2, 0.25) is 5.88 Å². The van der Waals surface area contributed by atoms with Crippen LogP contribution < -0.4 is 10.1 Å². The molecule has 0 fully saturated rings. The van der Waals surface area contributed by atoms with Crippen molar-refractivity contribution in [2.24, 2.45) is 0 Å². The van der Waals surface area contributed by atoms with Crippen LogP contribution in [-0.2, 0) is 17.4 Å². The molecule has 0 radical (unpaired) electrons. The van der Waals surface area contributed by atoms with Crippen molar-refractivity contribution < 1.29 is 22.7 Å². The number of hydrogen-bond donors (Lipinski definition) is 1. The number of rotatable bonds is 6. The molecule has 1 aliphatic rings. The van der Waals surface area contributed by atoms with E-state index in [4.69, 9.17) is 16.3 Å². The third kappa shape index (κ3) is 5.20. The first kappa shape index (κ1) is 21.0. The van der Waals surface area contributed by atoms with Crippen LogP contribution in [0.1, 0.15) is 24.6 Å². The third-order valence-corrected chi connectivity index (χ3v) is 4.68. The number of nitrogens with one attached hydrogen (secondary N) is 1. The second-order valence-corrected chi connectivity index (χ2v) is 6.91. The van der Waals surface area contributed by atoms with E-state index in [1.165, 1.54) is 0 Å². The summed E-state index contributed by atoms with van der Waals surface area (Å²) < 4.78 is 45.7. The number of aromatic nitrogens is 2. The quantitative estimate of drug-likeness (QED) is 0.670. The molecule has 1 atom stereocenters. The molecular formula is C20H19ClF3N3O2. The van der Waals surface area contributed by atoms with Crippen LogP contribution in [0, 0.1) is 0 Å². The lowest BCUT2D eigenvalue weighted by Crippen LogP contribution is -2.22. The Balaban J connectivity index is 1.75. The predicted molar refractivity (Wildman–Crippen MR) is 105 cm³/mol. The Kier molecular flexibility index (Phi) is 6.32. The Morgan fingerprint density at radius 1 is 1.34 bits per heavy atom. The van der Waals surface area contributed by atoms with E-state index < -0.39 is 29.8 Å². The highest BCUT2D eigenvalue weighted by atomic mass is 35.5. The summed E-state index contributed by atoms with van der Waals surface area (Å²) in [5.74, 6) is -0.712. The molecule has 154 valence electrons. The lowest BCUT2D eigenvalue weighted by Gasteiger charge is -2.17. The predicted octanol–water partition coefficient (Wildman–Crippen LogP) is 4.89. The van der Waals surface area contributed by atoms with Crippen molar-refractivity contribution in [2.75, 3.05) is 11.9 Å². The number of carbonyl (C=O) groups excluding carboxylic acids is 1. The van der Waals surface area contributed by atoms with Gasteiger partial charge in [0.05, 0.1) is 11.1 Å². The second-order valence-electron chi connectivity index (χ2n) is 6.39. The monoisotopic (exact) mass is 425 g/mol. The molecule has 0 aliphatic heterocycles. The van der Waals surface area contributed by atoms with Crippen molar-refractivity contribution in [3.8, 4) is 5.88 Å². The Morgan fingerprint density at radius 3 is 2.69 bits per heavy atom. The zero-order valence-corrected chi connectivity index (χ0v) is 16.3. The SMILES string of the molecule is CCc1ccc(NC(=O)COc2cc(C(F)(F)F)nn2C2=CC=CCC2Cl)cc1. The number of aryl methyl sites for hydroxylation is 1. The van der Waals surface area contributed by atoms with Gasteiger partial charge in [0.15, 0.2) is 12.3 Å². The van der Waals surface area contributed by atoms with Gasteiger partial charge in [0.1, 0.15) is 0 Å². The van der Waals surface area contributed by atoms with E-state index >= 15 is 0 Å². The summed E-state index contributed by atoms with van der Waals surface area (Å²) in [7, 11) is 0. The van der Waals surface area contributed by atoms with E-state index in [-0.39, 0.29) is 5.88 Å². The van der Waals surface area contributed by atoms with E-state index in [1.807, 2.05) is 19.1 Å². The van der Waals surface area contributed by atoms with Crippen LogP contribution in [0.4, 0.5) is 18.9 Å². The van der Waals surface area contributed by atoms with Crippen molar-refractivity contribution in [3.63, 3.8) is 0 Å². The molecule has 0 bridgehead atoms. The van der Waals surface area contributed by atoms with E-state index in [1.54, 1.807) is 30.4 Å². The van der Waals surface area contributed by atoms with E-state index in [0.717, 1.165) is 22.7 Å². The topological polar surface area (TPSA) is 56.1 Å². The number of hydrogen-bond acceptors (Lipinski definition) is 3. The normalized spacial score (nSPS) is 16.4. The number of amides is 1. The lowest BCUT2D eigenvalue weighted by atomic mass is 10.1. The zero-order chi connectivity index (χ0) is 21.0. The van der Waals surface area contributed by atoms with Crippen molar-refractivity contribution in [3.05, 3.63) is 59.8 Å². The first-order valence-corrected chi connectivity index (χ1v) is 9.41. The van der Waals surface area contributed by atoms with Gasteiger partial charge in [-0.25, -0.2) is 4.68 Å². The minimum Gasteiger partial charge on any atom is -0.467 e. The molecule has 1 amide bonds. The summed E-state index contributed by atoms with van der Waals surface area (Å²) in [4.78, 5) is 12.2. The van der Waals surface area contributed by atoms with Crippen LogP contribution in [0.3, 0.4) is 0 Å². The van der Waals surface area contributed by atoms with Gasteiger partial charge < -0.3 is 10.1 Å². The molecule has 3 rings (SSSR count). The molecule has 29 heavy (non-hydrogen) atoms. The van der Waals surface area contributed by atoms with Crippen molar-refractivity contribution in [2.45, 2.75) is 31.3 Å². The van der Waals surface area contributed by atoms with Gasteiger partial charge in [-0.2, -0.15) is 18.3 Å². The number of ether oxygens (including phenoxy) is 1. The average molecular weight is 426 g/mol. The first-order valence-electron chi connectivity index (χ1n) is 8.98. The van der Waals surface area contributed by atoms with E-state index in [9.17, 15) is 18.0 Å². The molecule has 0 spiro atoms. The molecule has 0 saturated heterocycles. The number of nitrogens with zero attached hydrogens (tertiary/aromatic N) is 2. The maximum absolute atomic E-state index is 13.1.